The minimum atomic E-state index is -0.402. The first-order valence-corrected chi connectivity index (χ1v) is 7.70. The predicted molar refractivity (Wildman–Crippen MR) is 83.2 cm³/mol. The molecule has 0 fully saturated rings. The van der Waals surface area contributed by atoms with E-state index in [2.05, 4.69) is 15.3 Å². The number of carbonyl (C=O) groups is 1. The van der Waals surface area contributed by atoms with Crippen molar-refractivity contribution in [3.05, 3.63) is 35.5 Å². The van der Waals surface area contributed by atoms with Crippen molar-refractivity contribution in [1.82, 2.24) is 15.3 Å². The van der Waals surface area contributed by atoms with E-state index in [-0.39, 0.29) is 12.5 Å². The van der Waals surface area contributed by atoms with Crippen LogP contribution in [0.1, 0.15) is 36.4 Å². The molecule has 0 radical (unpaired) electrons. The van der Waals surface area contributed by atoms with E-state index in [4.69, 9.17) is 5.11 Å². The molecule has 2 N–H and O–H groups in total. The van der Waals surface area contributed by atoms with Gasteiger partial charge in [0.15, 0.2) is 0 Å². The van der Waals surface area contributed by atoms with Crippen molar-refractivity contribution in [2.45, 2.75) is 32.2 Å². The molecule has 5 nitrogen and oxygen atoms in total. The molecule has 1 amide bonds. The van der Waals surface area contributed by atoms with E-state index >= 15 is 0 Å². The van der Waals surface area contributed by atoms with Crippen LogP contribution < -0.4 is 5.32 Å². The Balaban J connectivity index is 2.12. The number of hydrogen-bond donors (Lipinski definition) is 2. The second-order valence-corrected chi connectivity index (χ2v) is 6.12. The molecule has 6 heteroatoms. The lowest BCUT2D eigenvalue weighted by atomic mass is 9.95. The Bertz CT molecular complexity index is 600. The number of aliphatic hydroxyl groups is 1. The Morgan fingerprint density at radius 1 is 1.43 bits per heavy atom. The molecule has 0 bridgehead atoms. The number of aliphatic hydroxyl groups excluding tert-OH is 1. The highest BCUT2D eigenvalue weighted by molar-refractivity contribution is 7.16. The molecule has 2 aromatic heterocycles. The van der Waals surface area contributed by atoms with Crippen molar-refractivity contribution < 1.29 is 9.90 Å². The van der Waals surface area contributed by atoms with Gasteiger partial charge in [0.2, 0.25) is 0 Å². The first-order valence-electron chi connectivity index (χ1n) is 6.88. The van der Waals surface area contributed by atoms with Crippen molar-refractivity contribution in [2.24, 2.45) is 0 Å². The predicted octanol–water partition coefficient (Wildman–Crippen LogP) is 2.49. The van der Waals surface area contributed by atoms with E-state index in [0.717, 1.165) is 17.1 Å². The van der Waals surface area contributed by atoms with Crippen LogP contribution in [0, 0.1) is 0 Å². The number of hydrogen-bond acceptors (Lipinski definition) is 5. The molecule has 0 saturated carbocycles. The van der Waals surface area contributed by atoms with Crippen LogP contribution in [0.2, 0.25) is 0 Å². The number of pyridine rings is 1. The van der Waals surface area contributed by atoms with E-state index in [1.807, 2.05) is 32.0 Å². The third-order valence-corrected chi connectivity index (χ3v) is 4.49. The fourth-order valence-corrected chi connectivity index (χ4v) is 2.69. The normalized spacial score (nSPS) is 13.7. The van der Waals surface area contributed by atoms with Gasteiger partial charge in [-0.15, -0.1) is 11.3 Å². The van der Waals surface area contributed by atoms with Crippen molar-refractivity contribution in [3.63, 3.8) is 0 Å². The minimum absolute atomic E-state index is 0.0481. The van der Waals surface area contributed by atoms with E-state index < -0.39 is 5.54 Å². The molecule has 21 heavy (non-hydrogen) atoms. The number of carbonyl (C=O) groups excluding carboxylic acids is 1. The SMILES string of the molecule is CCC(C)(CCO)NC(=O)c1cnc(-c2ccccn2)s1. The molecule has 112 valence electrons. The van der Waals surface area contributed by atoms with Crippen LogP contribution in [-0.4, -0.2) is 33.1 Å². The van der Waals surface area contributed by atoms with Crippen LogP contribution in [0.5, 0.6) is 0 Å². The number of nitrogens with zero attached hydrogens (tertiary/aromatic N) is 2. The maximum Gasteiger partial charge on any atom is 0.263 e. The highest BCUT2D eigenvalue weighted by Crippen LogP contribution is 2.24. The number of amides is 1. The average molecular weight is 305 g/mol. The first kappa shape index (κ1) is 15.6. The van der Waals surface area contributed by atoms with E-state index in [0.29, 0.717) is 11.3 Å². The van der Waals surface area contributed by atoms with E-state index in [9.17, 15) is 4.79 Å². The van der Waals surface area contributed by atoms with Gasteiger partial charge in [-0.3, -0.25) is 9.78 Å². The van der Waals surface area contributed by atoms with Crippen molar-refractivity contribution in [2.75, 3.05) is 6.61 Å². The fourth-order valence-electron chi connectivity index (χ4n) is 1.90. The quantitative estimate of drug-likeness (QED) is 0.860. The van der Waals surface area contributed by atoms with Gasteiger partial charge in [-0.25, -0.2) is 4.98 Å². The lowest BCUT2D eigenvalue weighted by molar-refractivity contribution is 0.0890. The molecule has 1 unspecified atom stereocenters. The van der Waals surface area contributed by atoms with Gasteiger partial charge in [-0.2, -0.15) is 0 Å². The fraction of sp³-hybridized carbons (Fsp3) is 0.400. The maximum atomic E-state index is 12.3. The van der Waals surface area contributed by atoms with Crippen LogP contribution in [0.15, 0.2) is 30.6 Å². The molecule has 0 saturated heterocycles. The Hall–Kier alpha value is -1.79. The molecule has 2 rings (SSSR count). The number of thiazole rings is 1. The summed E-state index contributed by atoms with van der Waals surface area (Å²) >= 11 is 1.32. The second-order valence-electron chi connectivity index (χ2n) is 5.09. The Kier molecular flexibility index (Phi) is 5.03. The molecule has 0 aliphatic heterocycles. The van der Waals surface area contributed by atoms with Gasteiger partial charge in [-0.05, 0) is 31.9 Å². The molecule has 2 aromatic rings. The van der Waals surface area contributed by atoms with Gasteiger partial charge in [0.05, 0.1) is 11.9 Å². The van der Waals surface area contributed by atoms with Gasteiger partial charge in [0, 0.05) is 18.3 Å². The van der Waals surface area contributed by atoms with Crippen molar-refractivity contribution >= 4 is 17.2 Å². The Labute approximate surface area is 128 Å². The molecule has 0 spiro atoms. The number of rotatable bonds is 6. The van der Waals surface area contributed by atoms with Crippen LogP contribution in [0.25, 0.3) is 10.7 Å². The van der Waals surface area contributed by atoms with Crippen LogP contribution in [0.3, 0.4) is 0 Å². The number of aromatic nitrogens is 2. The summed E-state index contributed by atoms with van der Waals surface area (Å²) in [6.45, 7) is 3.97. The number of nitrogens with one attached hydrogen (secondary N) is 1. The molecule has 0 aromatic carbocycles. The molecule has 0 aliphatic carbocycles. The third kappa shape index (κ3) is 3.86. The lowest BCUT2D eigenvalue weighted by Gasteiger charge is -2.28. The Morgan fingerprint density at radius 3 is 2.86 bits per heavy atom. The van der Waals surface area contributed by atoms with Crippen molar-refractivity contribution in [1.29, 1.82) is 0 Å². The minimum Gasteiger partial charge on any atom is -0.396 e. The highest BCUT2D eigenvalue weighted by Gasteiger charge is 2.25. The smallest absolute Gasteiger partial charge is 0.263 e. The summed E-state index contributed by atoms with van der Waals surface area (Å²) in [5.74, 6) is -0.160. The zero-order chi connectivity index (χ0) is 15.3. The van der Waals surface area contributed by atoms with Gasteiger partial charge in [0.25, 0.3) is 5.91 Å². The standard InChI is InChI=1S/C15H19N3O2S/c1-3-15(2,7-9-19)18-13(20)12-10-17-14(21-12)11-6-4-5-8-16-11/h4-6,8,10,19H,3,7,9H2,1-2H3,(H,18,20). The van der Waals surface area contributed by atoms with E-state index in [1.165, 1.54) is 11.3 Å². The highest BCUT2D eigenvalue weighted by atomic mass is 32.1. The third-order valence-electron chi connectivity index (χ3n) is 3.47. The van der Waals surface area contributed by atoms with Gasteiger partial charge in [0.1, 0.15) is 9.88 Å². The monoisotopic (exact) mass is 305 g/mol. The molecule has 1 atom stereocenters. The zero-order valence-electron chi connectivity index (χ0n) is 12.2. The Morgan fingerprint density at radius 2 is 2.24 bits per heavy atom. The first-order chi connectivity index (χ1) is 10.1. The average Bonchev–Trinajstić information content (AvgIpc) is 2.98. The maximum absolute atomic E-state index is 12.3. The molecular formula is C15H19N3O2S. The van der Waals surface area contributed by atoms with E-state index in [1.54, 1.807) is 12.4 Å². The lowest BCUT2D eigenvalue weighted by Crippen LogP contribution is -2.45. The summed E-state index contributed by atoms with van der Waals surface area (Å²) in [5, 5.41) is 12.8. The summed E-state index contributed by atoms with van der Waals surface area (Å²) < 4.78 is 0. The van der Waals surface area contributed by atoms with Crippen LogP contribution in [-0.2, 0) is 0 Å². The van der Waals surface area contributed by atoms with Crippen LogP contribution >= 0.6 is 11.3 Å². The topological polar surface area (TPSA) is 75.1 Å². The summed E-state index contributed by atoms with van der Waals surface area (Å²) in [6.07, 6.45) is 4.55. The molecular weight excluding hydrogens is 286 g/mol. The second kappa shape index (κ2) is 6.78. The summed E-state index contributed by atoms with van der Waals surface area (Å²) in [6, 6.07) is 5.59. The largest absolute Gasteiger partial charge is 0.396 e. The van der Waals surface area contributed by atoms with Gasteiger partial charge >= 0.3 is 0 Å². The summed E-state index contributed by atoms with van der Waals surface area (Å²) in [7, 11) is 0. The van der Waals surface area contributed by atoms with Gasteiger partial charge in [-0.1, -0.05) is 13.0 Å². The molecule has 0 aliphatic rings. The summed E-state index contributed by atoms with van der Waals surface area (Å²) in [5.41, 5.74) is 0.358. The summed E-state index contributed by atoms with van der Waals surface area (Å²) in [4.78, 5) is 21.3. The van der Waals surface area contributed by atoms with Gasteiger partial charge < -0.3 is 10.4 Å². The van der Waals surface area contributed by atoms with Crippen molar-refractivity contribution in [3.8, 4) is 10.7 Å². The molecule has 2 heterocycles. The zero-order valence-corrected chi connectivity index (χ0v) is 13.0. The van der Waals surface area contributed by atoms with Crippen LogP contribution in [0.4, 0.5) is 0 Å².